The quantitative estimate of drug-likeness (QED) is 0.928. The summed E-state index contributed by atoms with van der Waals surface area (Å²) in [5, 5.41) is 3.81. The van der Waals surface area contributed by atoms with Crippen LogP contribution in [0, 0.1) is 0 Å². The molecule has 1 N–H and O–H groups in total. The van der Waals surface area contributed by atoms with Gasteiger partial charge in [-0.25, -0.2) is 4.98 Å². The number of pyridine rings is 1. The highest BCUT2D eigenvalue weighted by Gasteiger charge is 2.35. The molecule has 2 atom stereocenters. The highest BCUT2D eigenvalue weighted by Crippen LogP contribution is 2.21. The first-order valence-corrected chi connectivity index (χ1v) is 8.30. The molecule has 1 aromatic carbocycles. The van der Waals surface area contributed by atoms with Crippen LogP contribution in [0.2, 0.25) is 0 Å². The van der Waals surface area contributed by atoms with Crippen molar-refractivity contribution in [1.82, 2.24) is 15.2 Å². The van der Waals surface area contributed by atoms with Gasteiger partial charge in [0.25, 0.3) is 0 Å². The molecule has 2 saturated heterocycles. The van der Waals surface area contributed by atoms with E-state index < -0.39 is 0 Å². The predicted molar refractivity (Wildman–Crippen MR) is 88.5 cm³/mol. The van der Waals surface area contributed by atoms with E-state index in [1.54, 1.807) is 4.90 Å². The Morgan fingerprint density at radius 3 is 2.92 bits per heavy atom. The minimum absolute atomic E-state index is 0.00146. The Balaban J connectivity index is 1.39. The number of likely N-dealkylation sites (tertiary alicyclic amines) is 1. The van der Waals surface area contributed by atoms with Crippen LogP contribution in [-0.2, 0) is 9.59 Å². The number of ether oxygens (including phenoxy) is 1. The molecule has 2 unspecified atom stereocenters. The van der Waals surface area contributed by atoms with E-state index in [1.165, 1.54) is 0 Å². The molecule has 0 radical (unpaired) electrons. The lowest BCUT2D eigenvalue weighted by Crippen LogP contribution is -2.44. The van der Waals surface area contributed by atoms with Crippen molar-refractivity contribution >= 4 is 22.7 Å². The number of amides is 2. The van der Waals surface area contributed by atoms with E-state index in [0.29, 0.717) is 31.8 Å². The molecule has 0 aliphatic carbocycles. The van der Waals surface area contributed by atoms with Crippen molar-refractivity contribution in [2.45, 2.75) is 31.4 Å². The summed E-state index contributed by atoms with van der Waals surface area (Å²) in [5.41, 5.74) is 0.898. The number of carbonyl (C=O) groups is 2. The summed E-state index contributed by atoms with van der Waals surface area (Å²) in [5.74, 6) is 0.543. The molecule has 2 fully saturated rings. The van der Waals surface area contributed by atoms with Gasteiger partial charge in [-0.2, -0.15) is 0 Å². The highest BCUT2D eigenvalue weighted by atomic mass is 16.5. The van der Waals surface area contributed by atoms with Gasteiger partial charge in [-0.05, 0) is 18.6 Å². The molecule has 0 saturated carbocycles. The Morgan fingerprint density at radius 1 is 1.21 bits per heavy atom. The molecule has 2 amide bonds. The van der Waals surface area contributed by atoms with Gasteiger partial charge in [-0.3, -0.25) is 9.59 Å². The zero-order valence-electron chi connectivity index (χ0n) is 13.3. The van der Waals surface area contributed by atoms with Crippen LogP contribution < -0.4 is 10.1 Å². The third-order valence-electron chi connectivity index (χ3n) is 4.61. The number of hydrogen-bond acceptors (Lipinski definition) is 4. The number of fused-ring (bicyclic) bond motifs is 1. The molecule has 4 rings (SSSR count). The van der Waals surface area contributed by atoms with E-state index in [4.69, 9.17) is 4.74 Å². The number of hydrogen-bond donors (Lipinski definition) is 1. The summed E-state index contributed by atoms with van der Waals surface area (Å²) >= 11 is 0. The van der Waals surface area contributed by atoms with Gasteiger partial charge in [0, 0.05) is 30.8 Å². The van der Waals surface area contributed by atoms with Crippen LogP contribution in [0.3, 0.4) is 0 Å². The van der Waals surface area contributed by atoms with E-state index in [1.807, 2.05) is 36.4 Å². The molecule has 2 aromatic rings. The van der Waals surface area contributed by atoms with Gasteiger partial charge >= 0.3 is 0 Å². The second-order valence-electron chi connectivity index (χ2n) is 6.31. The minimum Gasteiger partial charge on any atom is -0.472 e. The first-order chi connectivity index (χ1) is 11.7. The zero-order valence-corrected chi connectivity index (χ0v) is 13.3. The number of benzene rings is 1. The topological polar surface area (TPSA) is 71.5 Å². The fourth-order valence-electron chi connectivity index (χ4n) is 3.33. The standard InChI is InChI=1S/C18H19N3O3/c22-16-7-6-15(19-16)18(23)21-10-9-13(11-21)24-17-8-5-12-3-1-2-4-14(12)20-17/h1-5,8,13,15H,6-7,9-11H2,(H,19,22). The zero-order chi connectivity index (χ0) is 16.5. The molecule has 2 aliphatic heterocycles. The average Bonchev–Trinajstić information content (AvgIpc) is 3.23. The number of rotatable bonds is 3. The van der Waals surface area contributed by atoms with Gasteiger partial charge in [0.2, 0.25) is 17.7 Å². The van der Waals surface area contributed by atoms with Crippen LogP contribution in [0.25, 0.3) is 10.9 Å². The Hall–Kier alpha value is -2.63. The van der Waals surface area contributed by atoms with E-state index in [-0.39, 0.29) is 24.0 Å². The first-order valence-electron chi connectivity index (χ1n) is 8.30. The largest absolute Gasteiger partial charge is 0.472 e. The maximum atomic E-state index is 12.4. The third-order valence-corrected chi connectivity index (χ3v) is 4.61. The van der Waals surface area contributed by atoms with Crippen molar-refractivity contribution < 1.29 is 14.3 Å². The van der Waals surface area contributed by atoms with Gasteiger partial charge in [-0.15, -0.1) is 0 Å². The van der Waals surface area contributed by atoms with Crippen LogP contribution >= 0.6 is 0 Å². The Morgan fingerprint density at radius 2 is 2.08 bits per heavy atom. The van der Waals surface area contributed by atoms with Gasteiger partial charge in [0.05, 0.1) is 12.1 Å². The summed E-state index contributed by atoms with van der Waals surface area (Å²) < 4.78 is 5.96. The lowest BCUT2D eigenvalue weighted by atomic mass is 10.2. The number of carbonyl (C=O) groups excluding carboxylic acids is 2. The van der Waals surface area contributed by atoms with Crippen molar-refractivity contribution in [2.24, 2.45) is 0 Å². The Bertz CT molecular complexity index is 792. The summed E-state index contributed by atoms with van der Waals surface area (Å²) in [7, 11) is 0. The predicted octanol–water partition coefficient (Wildman–Crippen LogP) is 1.49. The van der Waals surface area contributed by atoms with Crippen LogP contribution in [0.1, 0.15) is 19.3 Å². The van der Waals surface area contributed by atoms with Crippen molar-refractivity contribution in [3.8, 4) is 5.88 Å². The molecule has 0 spiro atoms. The molecule has 6 nitrogen and oxygen atoms in total. The molecule has 1 aromatic heterocycles. The van der Waals surface area contributed by atoms with Gasteiger partial charge < -0.3 is 15.0 Å². The van der Waals surface area contributed by atoms with Crippen LogP contribution in [0.15, 0.2) is 36.4 Å². The Labute approximate surface area is 139 Å². The number of nitrogens with one attached hydrogen (secondary N) is 1. The highest BCUT2D eigenvalue weighted by molar-refractivity contribution is 5.91. The lowest BCUT2D eigenvalue weighted by molar-refractivity contribution is -0.133. The van der Waals surface area contributed by atoms with Crippen LogP contribution in [0.5, 0.6) is 5.88 Å². The summed E-state index contributed by atoms with van der Waals surface area (Å²) in [4.78, 5) is 30.0. The van der Waals surface area contributed by atoms with E-state index in [2.05, 4.69) is 10.3 Å². The normalized spacial score (nSPS) is 23.5. The van der Waals surface area contributed by atoms with Crippen molar-refractivity contribution in [1.29, 1.82) is 0 Å². The molecular formula is C18H19N3O3. The Kier molecular flexibility index (Phi) is 3.80. The fraction of sp³-hybridized carbons (Fsp3) is 0.389. The van der Waals surface area contributed by atoms with Crippen LogP contribution in [-0.4, -0.2) is 46.9 Å². The molecule has 24 heavy (non-hydrogen) atoms. The van der Waals surface area contributed by atoms with E-state index in [9.17, 15) is 9.59 Å². The third kappa shape index (κ3) is 2.91. The van der Waals surface area contributed by atoms with Crippen molar-refractivity contribution in [2.75, 3.05) is 13.1 Å². The molecule has 6 heteroatoms. The van der Waals surface area contributed by atoms with Crippen LogP contribution in [0.4, 0.5) is 0 Å². The second kappa shape index (κ2) is 6.11. The minimum atomic E-state index is -0.366. The molecular weight excluding hydrogens is 306 g/mol. The fourth-order valence-corrected chi connectivity index (χ4v) is 3.33. The maximum Gasteiger partial charge on any atom is 0.245 e. The number of para-hydroxylation sites is 1. The lowest BCUT2D eigenvalue weighted by Gasteiger charge is -2.20. The summed E-state index contributed by atoms with van der Waals surface area (Å²) in [6.45, 7) is 1.20. The second-order valence-corrected chi connectivity index (χ2v) is 6.31. The van der Waals surface area contributed by atoms with Crippen molar-refractivity contribution in [3.05, 3.63) is 36.4 Å². The smallest absolute Gasteiger partial charge is 0.245 e. The van der Waals surface area contributed by atoms with Crippen molar-refractivity contribution in [3.63, 3.8) is 0 Å². The number of aromatic nitrogens is 1. The first kappa shape index (κ1) is 14.9. The van der Waals surface area contributed by atoms with Gasteiger partial charge in [0.15, 0.2) is 0 Å². The molecule has 3 heterocycles. The summed E-state index contributed by atoms with van der Waals surface area (Å²) in [6.07, 6.45) is 1.75. The molecule has 2 aliphatic rings. The average molecular weight is 325 g/mol. The monoisotopic (exact) mass is 325 g/mol. The van der Waals surface area contributed by atoms with Gasteiger partial charge in [-0.1, -0.05) is 18.2 Å². The SMILES string of the molecule is O=C1CCC(C(=O)N2CCC(Oc3ccc4ccccc4n3)C2)N1. The van der Waals surface area contributed by atoms with Gasteiger partial charge in [0.1, 0.15) is 12.1 Å². The maximum absolute atomic E-state index is 12.4. The molecule has 0 bridgehead atoms. The summed E-state index contributed by atoms with van der Waals surface area (Å²) in [6, 6.07) is 11.4. The molecule has 124 valence electrons. The van der Waals surface area contributed by atoms with E-state index in [0.717, 1.165) is 17.3 Å². The van der Waals surface area contributed by atoms with E-state index >= 15 is 0 Å². The number of nitrogens with zero attached hydrogens (tertiary/aromatic N) is 2.